The summed E-state index contributed by atoms with van der Waals surface area (Å²) in [6.07, 6.45) is 3.68. The lowest BCUT2D eigenvalue weighted by Gasteiger charge is -2.20. The van der Waals surface area contributed by atoms with E-state index in [0.29, 0.717) is 52.7 Å². The van der Waals surface area contributed by atoms with E-state index < -0.39 is 5.41 Å². The molecule has 1 aliphatic heterocycles. The molecule has 2 heterocycles. The lowest BCUT2D eigenvalue weighted by atomic mass is 10.0. The SMILES string of the molecule is COc1cc2nccc(Oc3ccc(NC(=O)C4(C(=O)Nc5cccc(CN6CCCOCC6)c5)CC4)cc3)c2cc1OC. The molecule has 44 heavy (non-hydrogen) atoms. The quantitative estimate of drug-likeness (QED) is 0.227. The Morgan fingerprint density at radius 3 is 2.36 bits per heavy atom. The Morgan fingerprint density at radius 2 is 1.61 bits per heavy atom. The molecule has 0 spiro atoms. The zero-order valence-electron chi connectivity index (χ0n) is 24.9. The van der Waals surface area contributed by atoms with Crippen LogP contribution in [0.1, 0.15) is 24.8 Å². The van der Waals surface area contributed by atoms with Gasteiger partial charge in [-0.05, 0) is 73.4 Å². The molecule has 10 nitrogen and oxygen atoms in total. The van der Waals surface area contributed by atoms with Crippen LogP contribution in [0, 0.1) is 5.41 Å². The summed E-state index contributed by atoms with van der Waals surface area (Å²) in [5, 5.41) is 6.67. The number of fused-ring (bicyclic) bond motifs is 1. The van der Waals surface area contributed by atoms with E-state index in [1.807, 2.05) is 24.3 Å². The molecule has 10 heteroatoms. The van der Waals surface area contributed by atoms with Gasteiger partial charge in [-0.2, -0.15) is 0 Å². The monoisotopic (exact) mass is 596 g/mol. The molecule has 2 fully saturated rings. The molecule has 1 aromatic heterocycles. The standard InChI is InChI=1S/C34H36N4O6/c1-41-30-20-27-28(21-31(30)42-2)35-14-11-29(27)44-26-9-7-24(8-10-26)36-32(39)34(12-13-34)33(40)37-25-6-3-5-23(19-25)22-38-15-4-17-43-18-16-38/h3,5-11,14,19-21H,4,12-13,15-18,22H2,1-2H3,(H,36,39)(H,37,40). The van der Waals surface area contributed by atoms with Gasteiger partial charge < -0.3 is 29.6 Å². The number of benzene rings is 3. The molecule has 6 rings (SSSR count). The number of amides is 2. The van der Waals surface area contributed by atoms with Crippen LogP contribution in [0.3, 0.4) is 0 Å². The number of nitrogens with one attached hydrogen (secondary N) is 2. The van der Waals surface area contributed by atoms with Gasteiger partial charge in [0.2, 0.25) is 11.8 Å². The third kappa shape index (κ3) is 6.46. The molecule has 1 saturated heterocycles. The van der Waals surface area contributed by atoms with Crippen LogP contribution in [0.2, 0.25) is 0 Å². The molecular weight excluding hydrogens is 560 g/mol. The second-order valence-corrected chi connectivity index (χ2v) is 11.1. The largest absolute Gasteiger partial charge is 0.493 e. The minimum Gasteiger partial charge on any atom is -0.493 e. The van der Waals surface area contributed by atoms with Crippen LogP contribution < -0.4 is 24.8 Å². The lowest BCUT2D eigenvalue weighted by Crippen LogP contribution is -2.35. The molecule has 0 bridgehead atoms. The summed E-state index contributed by atoms with van der Waals surface area (Å²) in [7, 11) is 3.16. The Balaban J connectivity index is 1.08. The van der Waals surface area contributed by atoms with Gasteiger partial charge in [0.1, 0.15) is 16.9 Å². The summed E-state index contributed by atoms with van der Waals surface area (Å²) >= 11 is 0. The Hall–Kier alpha value is -4.67. The van der Waals surface area contributed by atoms with Crippen LogP contribution in [0.4, 0.5) is 11.4 Å². The third-order valence-corrected chi connectivity index (χ3v) is 8.07. The van der Waals surface area contributed by atoms with Crippen molar-refractivity contribution in [1.82, 2.24) is 9.88 Å². The summed E-state index contributed by atoms with van der Waals surface area (Å²) in [6.45, 7) is 4.19. The number of aromatic nitrogens is 1. The molecule has 1 saturated carbocycles. The highest BCUT2D eigenvalue weighted by atomic mass is 16.5. The van der Waals surface area contributed by atoms with Crippen molar-refractivity contribution < 1.29 is 28.5 Å². The first-order valence-corrected chi connectivity index (χ1v) is 14.8. The van der Waals surface area contributed by atoms with Crippen LogP contribution in [0.5, 0.6) is 23.0 Å². The number of carbonyl (C=O) groups excluding carboxylic acids is 2. The average Bonchev–Trinajstić information content (AvgIpc) is 3.88. The number of ether oxygens (including phenoxy) is 4. The van der Waals surface area contributed by atoms with E-state index in [0.717, 1.165) is 50.2 Å². The molecule has 0 unspecified atom stereocenters. The lowest BCUT2D eigenvalue weighted by molar-refractivity contribution is -0.131. The molecule has 4 aromatic rings. The molecule has 3 aromatic carbocycles. The van der Waals surface area contributed by atoms with Crippen molar-refractivity contribution in [3.05, 3.63) is 78.5 Å². The topological polar surface area (TPSA) is 111 Å². The number of anilines is 2. The van der Waals surface area contributed by atoms with Crippen LogP contribution in [0.15, 0.2) is 72.9 Å². The number of hydrogen-bond donors (Lipinski definition) is 2. The normalized spacial score (nSPS) is 16.0. The van der Waals surface area contributed by atoms with Crippen molar-refractivity contribution in [2.75, 3.05) is 51.2 Å². The van der Waals surface area contributed by atoms with E-state index in [9.17, 15) is 9.59 Å². The van der Waals surface area contributed by atoms with Crippen LogP contribution in [-0.4, -0.2) is 62.2 Å². The van der Waals surface area contributed by atoms with E-state index in [1.54, 1.807) is 56.8 Å². The smallest absolute Gasteiger partial charge is 0.240 e. The first-order valence-electron chi connectivity index (χ1n) is 14.8. The first kappa shape index (κ1) is 29.4. The van der Waals surface area contributed by atoms with E-state index in [4.69, 9.17) is 18.9 Å². The van der Waals surface area contributed by atoms with E-state index in [-0.39, 0.29) is 11.8 Å². The maximum atomic E-state index is 13.3. The number of hydrogen-bond acceptors (Lipinski definition) is 8. The highest BCUT2D eigenvalue weighted by Gasteiger charge is 2.56. The molecule has 0 atom stereocenters. The molecule has 2 amide bonds. The van der Waals surface area contributed by atoms with Crippen LogP contribution >= 0.6 is 0 Å². The van der Waals surface area contributed by atoms with Gasteiger partial charge in [-0.15, -0.1) is 0 Å². The first-order chi connectivity index (χ1) is 21.5. The predicted molar refractivity (Wildman–Crippen MR) is 167 cm³/mol. The Bertz CT molecular complexity index is 1650. The summed E-state index contributed by atoms with van der Waals surface area (Å²) in [4.78, 5) is 33.3. The van der Waals surface area contributed by atoms with Crippen molar-refractivity contribution in [3.8, 4) is 23.0 Å². The van der Waals surface area contributed by atoms with Crippen molar-refractivity contribution in [1.29, 1.82) is 0 Å². The fourth-order valence-corrected chi connectivity index (χ4v) is 5.41. The molecule has 1 aliphatic carbocycles. The van der Waals surface area contributed by atoms with Crippen molar-refractivity contribution in [3.63, 3.8) is 0 Å². The van der Waals surface area contributed by atoms with Crippen molar-refractivity contribution in [2.24, 2.45) is 5.41 Å². The number of rotatable bonds is 10. The average molecular weight is 597 g/mol. The van der Waals surface area contributed by atoms with Crippen molar-refractivity contribution in [2.45, 2.75) is 25.8 Å². The molecule has 228 valence electrons. The van der Waals surface area contributed by atoms with Crippen molar-refractivity contribution >= 4 is 34.1 Å². The Morgan fingerprint density at radius 1 is 0.864 bits per heavy atom. The molecular formula is C34H36N4O6. The van der Waals surface area contributed by atoms with Gasteiger partial charge in [0.05, 0.1) is 26.3 Å². The van der Waals surface area contributed by atoms with Gasteiger partial charge in [-0.3, -0.25) is 19.5 Å². The number of pyridine rings is 1. The second-order valence-electron chi connectivity index (χ2n) is 11.1. The number of nitrogens with zero attached hydrogens (tertiary/aromatic N) is 2. The molecule has 2 N–H and O–H groups in total. The maximum absolute atomic E-state index is 13.3. The highest BCUT2D eigenvalue weighted by molar-refractivity contribution is 6.16. The maximum Gasteiger partial charge on any atom is 0.240 e. The summed E-state index contributed by atoms with van der Waals surface area (Å²) in [5.74, 6) is 1.74. The Labute approximate surface area is 256 Å². The van der Waals surface area contributed by atoms with E-state index in [1.165, 1.54) is 0 Å². The van der Waals surface area contributed by atoms with Gasteiger partial charge >= 0.3 is 0 Å². The zero-order valence-corrected chi connectivity index (χ0v) is 24.9. The highest BCUT2D eigenvalue weighted by Crippen LogP contribution is 2.47. The summed E-state index contributed by atoms with van der Waals surface area (Å²) in [6, 6.07) is 20.3. The van der Waals surface area contributed by atoms with Gasteiger partial charge in [0.15, 0.2) is 11.5 Å². The summed E-state index contributed by atoms with van der Waals surface area (Å²) in [5.41, 5.74) is 2.01. The molecule has 2 aliphatic rings. The second kappa shape index (κ2) is 12.9. The van der Waals surface area contributed by atoms with Gasteiger partial charge in [0.25, 0.3) is 0 Å². The van der Waals surface area contributed by atoms with Crippen LogP contribution in [-0.2, 0) is 20.9 Å². The van der Waals surface area contributed by atoms with Crippen LogP contribution in [0.25, 0.3) is 10.9 Å². The fourth-order valence-electron chi connectivity index (χ4n) is 5.41. The van der Waals surface area contributed by atoms with E-state index in [2.05, 4.69) is 26.6 Å². The van der Waals surface area contributed by atoms with Gasteiger partial charge in [-0.25, -0.2) is 0 Å². The number of carbonyl (C=O) groups is 2. The Kier molecular flexibility index (Phi) is 8.63. The van der Waals surface area contributed by atoms with Gasteiger partial charge in [-0.1, -0.05) is 12.1 Å². The van der Waals surface area contributed by atoms with Gasteiger partial charge in [0, 0.05) is 55.3 Å². The third-order valence-electron chi connectivity index (χ3n) is 8.07. The molecule has 0 radical (unpaired) electrons. The predicted octanol–water partition coefficient (Wildman–Crippen LogP) is 5.62. The number of methoxy groups -OCH3 is 2. The zero-order chi connectivity index (χ0) is 30.5. The summed E-state index contributed by atoms with van der Waals surface area (Å²) < 4.78 is 22.5. The minimum absolute atomic E-state index is 0.285. The fraction of sp³-hybridized carbons (Fsp3) is 0.324. The van der Waals surface area contributed by atoms with E-state index >= 15 is 0 Å². The minimum atomic E-state index is -1.08.